The Balaban J connectivity index is 2.17. The van der Waals surface area contributed by atoms with Crippen molar-refractivity contribution < 1.29 is 27.5 Å². The van der Waals surface area contributed by atoms with E-state index in [-0.39, 0.29) is 22.3 Å². The fourth-order valence-electron chi connectivity index (χ4n) is 2.17. The third-order valence-corrected chi connectivity index (χ3v) is 5.33. The van der Waals surface area contributed by atoms with Crippen LogP contribution in [0.15, 0.2) is 23.1 Å². The monoisotopic (exact) mass is 384 g/mol. The summed E-state index contributed by atoms with van der Waals surface area (Å²) in [7, 11) is -2.46. The molecule has 1 saturated carbocycles. The molecule has 0 saturated heterocycles. The lowest BCUT2D eigenvalue weighted by molar-refractivity contribution is -0.129. The fourth-order valence-corrected chi connectivity index (χ4v) is 3.67. The molecule has 2 N–H and O–H groups in total. The highest BCUT2D eigenvalue weighted by Gasteiger charge is 2.30. The molecule has 1 aromatic rings. The van der Waals surface area contributed by atoms with E-state index in [1.807, 2.05) is 6.92 Å². The summed E-state index contributed by atoms with van der Waals surface area (Å²) in [4.78, 5) is 24.0. The maximum atomic E-state index is 12.5. The summed E-state index contributed by atoms with van der Waals surface area (Å²) in [6, 6.07) is 3.90. The van der Waals surface area contributed by atoms with Crippen molar-refractivity contribution in [3.05, 3.63) is 23.8 Å². The van der Waals surface area contributed by atoms with Crippen LogP contribution in [0.4, 0.5) is 0 Å². The van der Waals surface area contributed by atoms with Gasteiger partial charge >= 0.3 is 5.97 Å². The molecule has 0 bridgehead atoms. The van der Waals surface area contributed by atoms with Gasteiger partial charge in [-0.3, -0.25) is 4.79 Å². The second kappa shape index (κ2) is 8.50. The second-order valence-electron chi connectivity index (χ2n) is 6.10. The highest BCUT2D eigenvalue weighted by molar-refractivity contribution is 7.89. The van der Waals surface area contributed by atoms with E-state index in [1.165, 1.54) is 32.2 Å². The summed E-state index contributed by atoms with van der Waals surface area (Å²) in [5.41, 5.74) is 0.0251. The summed E-state index contributed by atoms with van der Waals surface area (Å²) in [6.07, 6.45) is 1.35. The van der Waals surface area contributed by atoms with Gasteiger partial charge in [-0.25, -0.2) is 17.9 Å². The Morgan fingerprint density at radius 2 is 2.00 bits per heavy atom. The van der Waals surface area contributed by atoms with Crippen molar-refractivity contribution in [1.29, 1.82) is 0 Å². The van der Waals surface area contributed by atoms with Crippen LogP contribution in [-0.2, 0) is 19.6 Å². The van der Waals surface area contributed by atoms with Crippen molar-refractivity contribution in [2.75, 3.05) is 13.7 Å². The van der Waals surface area contributed by atoms with E-state index in [1.54, 1.807) is 0 Å². The molecule has 2 rings (SSSR count). The summed E-state index contributed by atoms with van der Waals surface area (Å²) in [5, 5.41) is 2.63. The first kappa shape index (κ1) is 20.2. The molecular formula is C17H24N2O6S. The number of hydrogen-bond donors (Lipinski definition) is 2. The minimum atomic E-state index is -3.81. The average Bonchev–Trinajstić information content (AvgIpc) is 3.42. The molecule has 1 aromatic carbocycles. The number of nitrogens with one attached hydrogen (secondary N) is 2. The minimum Gasteiger partial charge on any atom is -0.495 e. The molecular weight excluding hydrogens is 360 g/mol. The third-order valence-electron chi connectivity index (χ3n) is 3.79. The van der Waals surface area contributed by atoms with Crippen molar-refractivity contribution >= 4 is 21.9 Å². The van der Waals surface area contributed by atoms with E-state index in [0.717, 1.165) is 19.3 Å². The SMILES string of the molecule is CCCNC(=O)[C@@H](C)OC(=O)c1ccc(OC)c(S(=O)(=O)NC2CC2)c1. The highest BCUT2D eigenvalue weighted by atomic mass is 32.2. The molecule has 9 heteroatoms. The molecule has 1 fully saturated rings. The molecule has 1 aliphatic carbocycles. The number of methoxy groups -OCH3 is 1. The Hall–Kier alpha value is -2.13. The van der Waals surface area contributed by atoms with Crippen LogP contribution in [0.2, 0.25) is 0 Å². The van der Waals surface area contributed by atoms with Crippen LogP contribution in [-0.4, -0.2) is 46.1 Å². The predicted molar refractivity (Wildman–Crippen MR) is 94.5 cm³/mol. The smallest absolute Gasteiger partial charge is 0.338 e. The Kier molecular flexibility index (Phi) is 6.60. The van der Waals surface area contributed by atoms with E-state index >= 15 is 0 Å². The van der Waals surface area contributed by atoms with Crippen LogP contribution >= 0.6 is 0 Å². The van der Waals surface area contributed by atoms with E-state index in [9.17, 15) is 18.0 Å². The van der Waals surface area contributed by atoms with E-state index in [2.05, 4.69) is 10.0 Å². The Morgan fingerprint density at radius 1 is 1.31 bits per heavy atom. The van der Waals surface area contributed by atoms with Gasteiger partial charge in [0.2, 0.25) is 10.0 Å². The standard InChI is InChI=1S/C17H24N2O6S/c1-4-9-18-16(20)11(2)25-17(21)12-5-8-14(24-3)15(10-12)26(22,23)19-13-6-7-13/h5,8,10-11,13,19H,4,6-7,9H2,1-3H3,(H,18,20)/t11-/m1/s1. The maximum Gasteiger partial charge on any atom is 0.338 e. The summed E-state index contributed by atoms with van der Waals surface area (Å²) < 4.78 is 37.7. The number of ether oxygens (including phenoxy) is 2. The number of carbonyl (C=O) groups excluding carboxylic acids is 2. The van der Waals surface area contributed by atoms with Crippen molar-refractivity contribution in [1.82, 2.24) is 10.0 Å². The number of hydrogen-bond acceptors (Lipinski definition) is 6. The van der Waals surface area contributed by atoms with Crippen LogP contribution in [0.25, 0.3) is 0 Å². The average molecular weight is 384 g/mol. The Labute approximate surface area is 153 Å². The molecule has 1 amide bonds. The quantitative estimate of drug-likeness (QED) is 0.619. The molecule has 1 atom stereocenters. The lowest BCUT2D eigenvalue weighted by Crippen LogP contribution is -2.36. The van der Waals surface area contributed by atoms with Gasteiger partial charge in [-0.2, -0.15) is 0 Å². The summed E-state index contributed by atoms with van der Waals surface area (Å²) in [5.74, 6) is -1.06. The van der Waals surface area contributed by atoms with Crippen LogP contribution in [0, 0.1) is 0 Å². The van der Waals surface area contributed by atoms with Gasteiger partial charge in [0, 0.05) is 12.6 Å². The third kappa shape index (κ3) is 5.18. The number of sulfonamides is 1. The zero-order chi connectivity index (χ0) is 19.3. The van der Waals surface area contributed by atoms with Crippen LogP contribution in [0.3, 0.4) is 0 Å². The van der Waals surface area contributed by atoms with E-state index in [4.69, 9.17) is 9.47 Å². The molecule has 0 aromatic heterocycles. The molecule has 26 heavy (non-hydrogen) atoms. The zero-order valence-electron chi connectivity index (χ0n) is 15.1. The number of esters is 1. The van der Waals surface area contributed by atoms with E-state index in [0.29, 0.717) is 6.54 Å². The topological polar surface area (TPSA) is 111 Å². The lowest BCUT2D eigenvalue weighted by atomic mass is 10.2. The molecule has 8 nitrogen and oxygen atoms in total. The van der Waals surface area contributed by atoms with Gasteiger partial charge in [0.05, 0.1) is 12.7 Å². The van der Waals surface area contributed by atoms with Crippen LogP contribution in [0.5, 0.6) is 5.75 Å². The first-order valence-corrected chi connectivity index (χ1v) is 9.96. The number of benzene rings is 1. The van der Waals surface area contributed by atoms with Gasteiger partial charge in [0.25, 0.3) is 5.91 Å². The normalized spacial score (nSPS) is 15.2. The minimum absolute atomic E-state index is 0.0251. The molecule has 1 aliphatic rings. The molecule has 0 unspecified atom stereocenters. The van der Waals surface area contributed by atoms with Crippen LogP contribution in [0.1, 0.15) is 43.5 Å². The molecule has 144 valence electrons. The molecule has 0 spiro atoms. The first-order chi connectivity index (χ1) is 12.3. The molecule has 0 heterocycles. The molecule has 0 radical (unpaired) electrons. The van der Waals surface area contributed by atoms with Crippen molar-refractivity contribution in [3.63, 3.8) is 0 Å². The second-order valence-corrected chi connectivity index (χ2v) is 7.78. The number of rotatable bonds is 9. The van der Waals surface area contributed by atoms with Gasteiger partial charge < -0.3 is 14.8 Å². The number of carbonyl (C=O) groups is 2. The van der Waals surface area contributed by atoms with Gasteiger partial charge in [-0.1, -0.05) is 6.92 Å². The Morgan fingerprint density at radius 3 is 2.58 bits per heavy atom. The van der Waals surface area contributed by atoms with Gasteiger partial charge in [-0.05, 0) is 44.4 Å². The van der Waals surface area contributed by atoms with Crippen molar-refractivity contribution in [2.45, 2.75) is 50.2 Å². The lowest BCUT2D eigenvalue weighted by Gasteiger charge is -2.15. The van der Waals surface area contributed by atoms with Gasteiger partial charge in [-0.15, -0.1) is 0 Å². The zero-order valence-corrected chi connectivity index (χ0v) is 15.9. The van der Waals surface area contributed by atoms with Gasteiger partial charge in [0.15, 0.2) is 6.10 Å². The summed E-state index contributed by atoms with van der Waals surface area (Å²) in [6.45, 7) is 3.85. The van der Waals surface area contributed by atoms with Gasteiger partial charge in [0.1, 0.15) is 10.6 Å². The van der Waals surface area contributed by atoms with Crippen molar-refractivity contribution in [3.8, 4) is 5.75 Å². The van der Waals surface area contributed by atoms with Crippen molar-refractivity contribution in [2.24, 2.45) is 0 Å². The Bertz CT molecular complexity index is 773. The highest BCUT2D eigenvalue weighted by Crippen LogP contribution is 2.28. The van der Waals surface area contributed by atoms with E-state index < -0.39 is 28.0 Å². The fraction of sp³-hybridized carbons (Fsp3) is 0.529. The predicted octanol–water partition coefficient (Wildman–Crippen LogP) is 1.21. The summed E-state index contributed by atoms with van der Waals surface area (Å²) >= 11 is 0. The maximum absolute atomic E-state index is 12.5. The van der Waals surface area contributed by atoms with Crippen LogP contribution < -0.4 is 14.8 Å². The molecule has 0 aliphatic heterocycles. The largest absolute Gasteiger partial charge is 0.495 e. The first-order valence-electron chi connectivity index (χ1n) is 8.47. The number of amides is 1.